The highest BCUT2D eigenvalue weighted by Crippen LogP contribution is 2.31. The van der Waals surface area contributed by atoms with E-state index in [9.17, 15) is 9.59 Å². The van der Waals surface area contributed by atoms with Crippen LogP contribution in [0, 0.1) is 5.92 Å². The number of benzene rings is 1. The van der Waals surface area contributed by atoms with Gasteiger partial charge in [-0.3, -0.25) is 9.59 Å². The minimum Gasteiger partial charge on any atom is -0.312 e. The Labute approximate surface area is 167 Å². The van der Waals surface area contributed by atoms with Crippen molar-refractivity contribution in [1.82, 2.24) is 10.2 Å². The Morgan fingerprint density at radius 2 is 2.07 bits per heavy atom. The summed E-state index contributed by atoms with van der Waals surface area (Å²) in [6.07, 6.45) is 2.22. The molecule has 2 amide bonds. The van der Waals surface area contributed by atoms with Crippen LogP contribution in [0.4, 0.5) is 10.8 Å². The second-order valence-electron chi connectivity index (χ2n) is 6.62. The zero-order valence-electron chi connectivity index (χ0n) is 15.8. The monoisotopic (exact) mass is 404 g/mol. The molecule has 6 nitrogen and oxygen atoms in total. The lowest BCUT2D eigenvalue weighted by molar-refractivity contribution is -0.122. The first-order valence-corrected chi connectivity index (χ1v) is 10.9. The average Bonchev–Trinajstić information content (AvgIpc) is 3.28. The summed E-state index contributed by atoms with van der Waals surface area (Å²) >= 11 is 3.03. The Morgan fingerprint density at radius 1 is 1.33 bits per heavy atom. The number of amides is 2. The molecular formula is C19H24N4O2S2. The first kappa shape index (κ1) is 19.8. The zero-order chi connectivity index (χ0) is 19.4. The molecule has 0 aliphatic carbocycles. The number of nitrogens with zero attached hydrogens (tertiary/aromatic N) is 3. The van der Waals surface area contributed by atoms with Crippen molar-refractivity contribution in [1.29, 1.82) is 0 Å². The summed E-state index contributed by atoms with van der Waals surface area (Å²) in [5.41, 5.74) is 2.07. The summed E-state index contributed by atoms with van der Waals surface area (Å²) in [5, 5.41) is 11.9. The molecule has 0 unspecified atom stereocenters. The summed E-state index contributed by atoms with van der Waals surface area (Å²) < 4.78 is 0.847. The molecule has 2 atom stereocenters. The van der Waals surface area contributed by atoms with Crippen LogP contribution in [-0.2, 0) is 16.0 Å². The Morgan fingerprint density at radius 3 is 2.74 bits per heavy atom. The van der Waals surface area contributed by atoms with Gasteiger partial charge in [-0.25, -0.2) is 0 Å². The second kappa shape index (κ2) is 8.84. The zero-order valence-corrected chi connectivity index (χ0v) is 17.4. The molecule has 2 aromatic rings. The Balaban J connectivity index is 1.60. The number of thioether (sulfide) groups is 1. The normalized spacial score (nSPS) is 18.0. The average molecular weight is 405 g/mol. The Bertz CT molecular complexity index is 806. The van der Waals surface area contributed by atoms with Gasteiger partial charge in [0.05, 0.1) is 5.92 Å². The standard InChI is InChI=1S/C19H24N4O2S2/c1-4-12(3)26-19-22-21-18(27-19)20-17(25)14-10-16(24)23(11-14)15-8-6-13(5-2)7-9-15/h6-9,12,14H,4-5,10-11H2,1-3H3,(H,20,21,25)/t12-,14-/m1/s1. The lowest BCUT2D eigenvalue weighted by atomic mass is 10.1. The van der Waals surface area contributed by atoms with Gasteiger partial charge < -0.3 is 10.2 Å². The molecule has 0 bridgehead atoms. The first-order valence-electron chi connectivity index (χ1n) is 9.20. The predicted octanol–water partition coefficient (Wildman–Crippen LogP) is 3.98. The van der Waals surface area contributed by atoms with E-state index in [1.165, 1.54) is 16.9 Å². The van der Waals surface area contributed by atoms with Gasteiger partial charge in [0, 0.05) is 23.9 Å². The SMILES string of the molecule is CCc1ccc(N2C[C@H](C(=O)Nc3nnc(S[C@H](C)CC)s3)CC2=O)cc1. The van der Waals surface area contributed by atoms with Gasteiger partial charge in [0.15, 0.2) is 4.34 Å². The van der Waals surface area contributed by atoms with E-state index >= 15 is 0 Å². The molecule has 2 heterocycles. The third kappa shape index (κ3) is 4.87. The molecule has 1 aromatic carbocycles. The van der Waals surface area contributed by atoms with E-state index < -0.39 is 0 Å². The highest BCUT2D eigenvalue weighted by Gasteiger charge is 2.35. The number of anilines is 2. The first-order chi connectivity index (χ1) is 13.0. The summed E-state index contributed by atoms with van der Waals surface area (Å²) in [6, 6.07) is 7.93. The van der Waals surface area contributed by atoms with E-state index in [1.54, 1.807) is 16.7 Å². The van der Waals surface area contributed by atoms with Crippen LogP contribution < -0.4 is 10.2 Å². The number of aromatic nitrogens is 2. The Hall–Kier alpha value is -1.93. The van der Waals surface area contributed by atoms with Crippen LogP contribution in [-0.4, -0.2) is 33.8 Å². The molecule has 3 rings (SSSR count). The number of carbonyl (C=O) groups excluding carboxylic acids is 2. The third-order valence-corrected chi connectivity index (χ3v) is 6.86. The summed E-state index contributed by atoms with van der Waals surface area (Å²) in [4.78, 5) is 26.6. The van der Waals surface area contributed by atoms with Gasteiger partial charge in [0.25, 0.3) is 0 Å². The molecule has 8 heteroatoms. The minimum absolute atomic E-state index is 0.0234. The topological polar surface area (TPSA) is 75.2 Å². The van der Waals surface area contributed by atoms with Crippen LogP contribution in [0.1, 0.15) is 39.2 Å². The smallest absolute Gasteiger partial charge is 0.231 e. The van der Waals surface area contributed by atoms with E-state index in [1.807, 2.05) is 24.3 Å². The van der Waals surface area contributed by atoms with E-state index in [4.69, 9.17) is 0 Å². The quantitative estimate of drug-likeness (QED) is 0.558. The van der Waals surface area contributed by atoms with Gasteiger partial charge in [0.1, 0.15) is 0 Å². The number of hydrogen-bond acceptors (Lipinski definition) is 6. The number of rotatable bonds is 7. The van der Waals surface area contributed by atoms with Gasteiger partial charge in [0.2, 0.25) is 16.9 Å². The molecule has 0 saturated carbocycles. The van der Waals surface area contributed by atoms with Crippen LogP contribution in [0.5, 0.6) is 0 Å². The van der Waals surface area contributed by atoms with E-state index in [2.05, 4.69) is 36.3 Å². The van der Waals surface area contributed by atoms with Gasteiger partial charge in [-0.2, -0.15) is 0 Å². The summed E-state index contributed by atoms with van der Waals surface area (Å²) in [5.74, 6) is -0.574. The van der Waals surface area contributed by atoms with Crippen molar-refractivity contribution in [2.24, 2.45) is 5.92 Å². The highest BCUT2D eigenvalue weighted by atomic mass is 32.2. The maximum Gasteiger partial charge on any atom is 0.231 e. The van der Waals surface area contributed by atoms with Crippen LogP contribution in [0.25, 0.3) is 0 Å². The van der Waals surface area contributed by atoms with Crippen molar-refractivity contribution in [3.05, 3.63) is 29.8 Å². The fraction of sp³-hybridized carbons (Fsp3) is 0.474. The van der Waals surface area contributed by atoms with Gasteiger partial charge >= 0.3 is 0 Å². The van der Waals surface area contributed by atoms with Crippen molar-refractivity contribution in [2.45, 2.75) is 49.6 Å². The van der Waals surface area contributed by atoms with Crippen LogP contribution in [0.3, 0.4) is 0 Å². The molecular weight excluding hydrogens is 380 g/mol. The maximum absolute atomic E-state index is 12.6. The molecule has 0 radical (unpaired) electrons. The van der Waals surface area contributed by atoms with Crippen molar-refractivity contribution < 1.29 is 9.59 Å². The number of carbonyl (C=O) groups is 2. The number of nitrogens with one attached hydrogen (secondary N) is 1. The lowest BCUT2D eigenvalue weighted by Crippen LogP contribution is -2.28. The van der Waals surface area contributed by atoms with Gasteiger partial charge in [-0.1, -0.05) is 56.0 Å². The molecule has 1 saturated heterocycles. The minimum atomic E-state index is -0.377. The molecule has 144 valence electrons. The van der Waals surface area contributed by atoms with Crippen molar-refractivity contribution >= 4 is 45.7 Å². The molecule has 0 spiro atoms. The fourth-order valence-electron chi connectivity index (χ4n) is 2.82. The summed E-state index contributed by atoms with van der Waals surface area (Å²) in [7, 11) is 0. The second-order valence-corrected chi connectivity index (χ2v) is 9.29. The molecule has 27 heavy (non-hydrogen) atoms. The summed E-state index contributed by atoms with van der Waals surface area (Å²) in [6.45, 7) is 6.75. The molecule has 1 N–H and O–H groups in total. The van der Waals surface area contributed by atoms with Crippen molar-refractivity contribution in [3.8, 4) is 0 Å². The van der Waals surface area contributed by atoms with E-state index in [-0.39, 0.29) is 24.2 Å². The Kier molecular flexibility index (Phi) is 6.49. The third-order valence-electron chi connectivity index (χ3n) is 4.67. The molecule has 1 aliphatic heterocycles. The fourth-order valence-corrected chi connectivity index (χ4v) is 4.82. The van der Waals surface area contributed by atoms with E-state index in [0.29, 0.717) is 16.9 Å². The largest absolute Gasteiger partial charge is 0.312 e. The maximum atomic E-state index is 12.6. The van der Waals surface area contributed by atoms with Crippen LogP contribution >= 0.6 is 23.1 Å². The molecule has 1 fully saturated rings. The molecule has 1 aromatic heterocycles. The van der Waals surface area contributed by atoms with Gasteiger partial charge in [-0.15, -0.1) is 10.2 Å². The highest BCUT2D eigenvalue weighted by molar-refractivity contribution is 8.01. The van der Waals surface area contributed by atoms with Crippen molar-refractivity contribution in [3.63, 3.8) is 0 Å². The number of aryl methyl sites for hydroxylation is 1. The van der Waals surface area contributed by atoms with E-state index in [0.717, 1.165) is 22.9 Å². The van der Waals surface area contributed by atoms with Crippen molar-refractivity contribution in [2.75, 3.05) is 16.8 Å². The van der Waals surface area contributed by atoms with Gasteiger partial charge in [-0.05, 0) is 30.5 Å². The van der Waals surface area contributed by atoms with Crippen LogP contribution in [0.15, 0.2) is 28.6 Å². The molecule has 1 aliphatic rings. The number of hydrogen-bond donors (Lipinski definition) is 1. The lowest BCUT2D eigenvalue weighted by Gasteiger charge is -2.17. The predicted molar refractivity (Wildman–Crippen MR) is 110 cm³/mol. The van der Waals surface area contributed by atoms with Crippen LogP contribution in [0.2, 0.25) is 0 Å².